The van der Waals surface area contributed by atoms with Gasteiger partial charge >= 0.3 is 0 Å². The van der Waals surface area contributed by atoms with Crippen LogP contribution in [0.2, 0.25) is 0 Å². The van der Waals surface area contributed by atoms with Crippen LogP contribution in [0.4, 0.5) is 5.69 Å². The van der Waals surface area contributed by atoms with Crippen LogP contribution in [0, 0.1) is 0 Å². The van der Waals surface area contributed by atoms with E-state index in [1.165, 1.54) is 5.56 Å². The Balaban J connectivity index is 1.87. The number of para-hydroxylation sites is 1. The van der Waals surface area contributed by atoms with E-state index in [0.717, 1.165) is 22.6 Å². The fourth-order valence-corrected chi connectivity index (χ4v) is 4.14. The molecule has 0 aliphatic carbocycles. The lowest BCUT2D eigenvalue weighted by atomic mass is 9.68. The van der Waals surface area contributed by atoms with Crippen LogP contribution in [-0.2, 0) is 23.1 Å². The Kier molecular flexibility index (Phi) is 4.44. The molecule has 1 aliphatic heterocycles. The smallest absolute Gasteiger partial charge is 0.238 e. The molecule has 136 valence electrons. The lowest BCUT2D eigenvalue weighted by molar-refractivity contribution is -0.124. The number of carbonyl (C=O) groups excluding carboxylic acids is 1. The molecule has 0 saturated carbocycles. The van der Waals surface area contributed by atoms with Crippen molar-refractivity contribution in [1.29, 1.82) is 0 Å². The number of benzene rings is 3. The molecule has 1 amide bonds. The first-order chi connectivity index (χ1) is 13.1. The van der Waals surface area contributed by atoms with Gasteiger partial charge in [0.1, 0.15) is 5.75 Å². The molecule has 3 aromatic rings. The molecule has 3 heteroatoms. The zero-order chi connectivity index (χ0) is 18.9. The predicted octanol–water partition coefficient (Wildman–Crippen LogP) is 4.39. The van der Waals surface area contributed by atoms with Crippen molar-refractivity contribution in [1.82, 2.24) is 0 Å². The van der Waals surface area contributed by atoms with Crippen LogP contribution in [-0.4, -0.2) is 20.1 Å². The third-order valence-electron chi connectivity index (χ3n) is 5.55. The number of nitrogens with zero attached hydrogens (tertiary/aromatic N) is 1. The van der Waals surface area contributed by atoms with Gasteiger partial charge < -0.3 is 9.64 Å². The summed E-state index contributed by atoms with van der Waals surface area (Å²) in [5.41, 5.74) is 3.76. The number of methoxy groups -OCH3 is 1. The summed E-state index contributed by atoms with van der Waals surface area (Å²) in [6.07, 6.45) is 1.35. The van der Waals surface area contributed by atoms with E-state index in [0.29, 0.717) is 12.8 Å². The van der Waals surface area contributed by atoms with Crippen molar-refractivity contribution < 1.29 is 9.53 Å². The predicted molar refractivity (Wildman–Crippen MR) is 108 cm³/mol. The van der Waals surface area contributed by atoms with E-state index in [1.807, 2.05) is 72.6 Å². The fourth-order valence-electron chi connectivity index (χ4n) is 4.14. The molecule has 0 bridgehead atoms. The quantitative estimate of drug-likeness (QED) is 0.693. The molecule has 3 aromatic carbocycles. The first-order valence-electron chi connectivity index (χ1n) is 9.18. The minimum atomic E-state index is -0.628. The SMILES string of the molecule is COc1ccc(C2(Cc3ccccc3)Cc3ccccc3N(C)C2=O)cc1. The molecule has 0 N–H and O–H groups in total. The maximum absolute atomic E-state index is 13.7. The van der Waals surface area contributed by atoms with Crippen LogP contribution in [0.1, 0.15) is 16.7 Å². The van der Waals surface area contributed by atoms with E-state index < -0.39 is 5.41 Å². The van der Waals surface area contributed by atoms with Crippen molar-refractivity contribution in [2.75, 3.05) is 19.1 Å². The Labute approximate surface area is 160 Å². The van der Waals surface area contributed by atoms with Crippen molar-refractivity contribution >= 4 is 11.6 Å². The number of rotatable bonds is 4. The van der Waals surface area contributed by atoms with Gasteiger partial charge in [-0.15, -0.1) is 0 Å². The highest BCUT2D eigenvalue weighted by Crippen LogP contribution is 2.42. The minimum Gasteiger partial charge on any atom is -0.497 e. The van der Waals surface area contributed by atoms with Crippen LogP contribution < -0.4 is 9.64 Å². The largest absolute Gasteiger partial charge is 0.497 e. The summed E-state index contributed by atoms with van der Waals surface area (Å²) >= 11 is 0. The number of anilines is 1. The van der Waals surface area contributed by atoms with E-state index >= 15 is 0 Å². The molecule has 0 aromatic heterocycles. The van der Waals surface area contributed by atoms with Crippen LogP contribution in [0.15, 0.2) is 78.9 Å². The Morgan fingerprint density at radius 1 is 0.926 bits per heavy atom. The molecule has 1 unspecified atom stereocenters. The highest BCUT2D eigenvalue weighted by atomic mass is 16.5. The fraction of sp³-hybridized carbons (Fsp3) is 0.208. The Morgan fingerprint density at radius 3 is 2.30 bits per heavy atom. The van der Waals surface area contributed by atoms with Gasteiger partial charge in [0.05, 0.1) is 12.5 Å². The maximum Gasteiger partial charge on any atom is 0.238 e. The minimum absolute atomic E-state index is 0.134. The van der Waals surface area contributed by atoms with Gasteiger partial charge in [-0.25, -0.2) is 0 Å². The molecule has 27 heavy (non-hydrogen) atoms. The number of carbonyl (C=O) groups is 1. The lowest BCUT2D eigenvalue weighted by Crippen LogP contribution is -2.52. The normalized spacial score (nSPS) is 18.9. The summed E-state index contributed by atoms with van der Waals surface area (Å²) in [5.74, 6) is 0.931. The summed E-state index contributed by atoms with van der Waals surface area (Å²) < 4.78 is 5.32. The average Bonchev–Trinajstić information content (AvgIpc) is 2.72. The third kappa shape index (κ3) is 2.99. The topological polar surface area (TPSA) is 29.5 Å². The monoisotopic (exact) mass is 357 g/mol. The maximum atomic E-state index is 13.7. The molecule has 0 fully saturated rings. The molecular weight excluding hydrogens is 334 g/mol. The molecule has 1 atom stereocenters. The van der Waals surface area contributed by atoms with Crippen LogP contribution in [0.5, 0.6) is 5.75 Å². The number of ether oxygens (including phenoxy) is 1. The standard InChI is InChI=1S/C24H23NO2/c1-25-22-11-7-6-10-19(22)17-24(23(25)26,16-18-8-4-3-5-9-18)20-12-14-21(27-2)15-13-20/h3-15H,16-17H2,1-2H3. The van der Waals surface area contributed by atoms with Crippen LogP contribution >= 0.6 is 0 Å². The highest BCUT2D eigenvalue weighted by molar-refractivity contribution is 6.04. The molecule has 1 heterocycles. The second-order valence-corrected chi connectivity index (χ2v) is 7.14. The summed E-state index contributed by atoms with van der Waals surface area (Å²) in [6.45, 7) is 0. The van der Waals surface area contributed by atoms with E-state index in [4.69, 9.17) is 4.74 Å². The molecular formula is C24H23NO2. The number of hydrogen-bond acceptors (Lipinski definition) is 2. The molecule has 3 nitrogen and oxygen atoms in total. The van der Waals surface area contributed by atoms with E-state index in [2.05, 4.69) is 18.2 Å². The van der Waals surface area contributed by atoms with Gasteiger partial charge in [-0.2, -0.15) is 0 Å². The van der Waals surface area contributed by atoms with E-state index in [9.17, 15) is 4.79 Å². The Morgan fingerprint density at radius 2 is 1.59 bits per heavy atom. The van der Waals surface area contributed by atoms with Crippen molar-refractivity contribution in [2.24, 2.45) is 0 Å². The van der Waals surface area contributed by atoms with Gasteiger partial charge in [-0.1, -0.05) is 60.7 Å². The first-order valence-corrected chi connectivity index (χ1v) is 9.18. The zero-order valence-electron chi connectivity index (χ0n) is 15.7. The van der Waals surface area contributed by atoms with Gasteiger partial charge in [0, 0.05) is 12.7 Å². The number of fused-ring (bicyclic) bond motifs is 1. The summed E-state index contributed by atoms with van der Waals surface area (Å²) in [5, 5.41) is 0. The van der Waals surface area contributed by atoms with Crippen molar-refractivity contribution in [2.45, 2.75) is 18.3 Å². The molecule has 4 rings (SSSR count). The van der Waals surface area contributed by atoms with Gasteiger partial charge in [-0.3, -0.25) is 4.79 Å². The molecule has 1 aliphatic rings. The number of hydrogen-bond donors (Lipinski definition) is 0. The van der Waals surface area contributed by atoms with Gasteiger partial charge in [0.2, 0.25) is 5.91 Å². The number of likely N-dealkylation sites (N-methyl/N-ethyl adjacent to an activating group) is 1. The average molecular weight is 357 g/mol. The van der Waals surface area contributed by atoms with Gasteiger partial charge in [0.25, 0.3) is 0 Å². The molecule has 0 saturated heterocycles. The highest BCUT2D eigenvalue weighted by Gasteiger charge is 2.46. The first kappa shape index (κ1) is 17.3. The van der Waals surface area contributed by atoms with Crippen molar-refractivity contribution in [3.05, 3.63) is 95.6 Å². The van der Waals surface area contributed by atoms with E-state index in [1.54, 1.807) is 7.11 Å². The zero-order valence-corrected chi connectivity index (χ0v) is 15.7. The number of amides is 1. The molecule has 0 spiro atoms. The summed E-state index contributed by atoms with van der Waals surface area (Å²) in [7, 11) is 3.54. The van der Waals surface area contributed by atoms with Gasteiger partial charge in [0.15, 0.2) is 0 Å². The second kappa shape index (κ2) is 6.92. The lowest BCUT2D eigenvalue weighted by Gasteiger charge is -2.42. The Bertz CT molecular complexity index is 950. The van der Waals surface area contributed by atoms with Crippen molar-refractivity contribution in [3.63, 3.8) is 0 Å². The van der Waals surface area contributed by atoms with Crippen LogP contribution in [0.3, 0.4) is 0 Å². The summed E-state index contributed by atoms with van der Waals surface area (Å²) in [6, 6.07) is 26.4. The van der Waals surface area contributed by atoms with Crippen molar-refractivity contribution in [3.8, 4) is 5.75 Å². The molecule has 0 radical (unpaired) electrons. The summed E-state index contributed by atoms with van der Waals surface area (Å²) in [4.78, 5) is 15.5. The second-order valence-electron chi connectivity index (χ2n) is 7.14. The van der Waals surface area contributed by atoms with E-state index in [-0.39, 0.29) is 5.91 Å². The van der Waals surface area contributed by atoms with Gasteiger partial charge in [-0.05, 0) is 47.7 Å². The van der Waals surface area contributed by atoms with Crippen LogP contribution in [0.25, 0.3) is 0 Å². The Hall–Kier alpha value is -3.07. The third-order valence-corrected chi connectivity index (χ3v) is 5.55.